The number of likely N-dealkylation sites (tertiary alicyclic amines) is 1. The van der Waals surface area contributed by atoms with Gasteiger partial charge in [0.1, 0.15) is 12.3 Å². The monoisotopic (exact) mass is 535 g/mol. The van der Waals surface area contributed by atoms with Crippen LogP contribution in [0.2, 0.25) is 0 Å². The van der Waals surface area contributed by atoms with Crippen molar-refractivity contribution < 1.29 is 10.2 Å². The van der Waals surface area contributed by atoms with Gasteiger partial charge in [-0.3, -0.25) is 9.80 Å². The van der Waals surface area contributed by atoms with Crippen LogP contribution in [-0.2, 0) is 12.1 Å². The number of benzene rings is 3. The number of aryl methyl sites for hydroxylation is 2. The molecule has 0 radical (unpaired) electrons. The summed E-state index contributed by atoms with van der Waals surface area (Å²) < 4.78 is 0. The molecule has 3 aromatic carbocycles. The molecule has 2 aliphatic rings. The van der Waals surface area contributed by atoms with E-state index in [1.807, 2.05) is 42.5 Å². The molecule has 1 atom stereocenters. The summed E-state index contributed by atoms with van der Waals surface area (Å²) in [6, 6.07) is 23.9. The number of rotatable bonds is 6. The summed E-state index contributed by atoms with van der Waals surface area (Å²) in [7, 11) is 0. The molecule has 1 unspecified atom stereocenters. The first kappa shape index (κ1) is 27.8. The maximum atomic E-state index is 11.4. The molecule has 2 N–H and O–H groups in total. The predicted molar refractivity (Wildman–Crippen MR) is 155 cm³/mol. The van der Waals surface area contributed by atoms with Crippen LogP contribution >= 0.6 is 0 Å². The Balaban J connectivity index is 1.24. The van der Waals surface area contributed by atoms with Crippen molar-refractivity contribution in [1.29, 1.82) is 10.5 Å². The fourth-order valence-corrected chi connectivity index (χ4v) is 6.19. The van der Waals surface area contributed by atoms with Crippen molar-refractivity contribution in [2.45, 2.75) is 45.1 Å². The second kappa shape index (κ2) is 11.8. The Hall–Kier alpha value is -3.72. The number of nitrogens with zero attached hydrogens (tertiary/aromatic N) is 5. The maximum Gasteiger partial charge on any atom is 0.133 e. The molecular formula is C33H37N5O2. The molecule has 2 fully saturated rings. The Morgan fingerprint density at radius 3 is 2.12 bits per heavy atom. The normalized spacial score (nSPS) is 18.6. The van der Waals surface area contributed by atoms with Gasteiger partial charge in [0.2, 0.25) is 0 Å². The standard InChI is InChI=1S/C33H37N5O2/c1-24-19-25(2)29(32(39)38-17-15-37(16-18-38)31-10-6-4-8-27(31)22-35)20-28(24)23-36-13-11-33(40,12-14-36)30-9-5-3-7-26(30)21-34/h3-10,19-20,32,39-40H,11-18,23H2,1-2H3. The minimum atomic E-state index is -0.984. The van der Waals surface area contributed by atoms with Crippen LogP contribution in [0, 0.1) is 36.5 Å². The second-order valence-corrected chi connectivity index (χ2v) is 11.1. The summed E-state index contributed by atoms with van der Waals surface area (Å²) in [4.78, 5) is 6.69. The average molecular weight is 536 g/mol. The number of piperidine rings is 1. The van der Waals surface area contributed by atoms with Gasteiger partial charge in [0.05, 0.1) is 28.5 Å². The van der Waals surface area contributed by atoms with Gasteiger partial charge in [-0.15, -0.1) is 0 Å². The zero-order valence-electron chi connectivity index (χ0n) is 23.3. The third kappa shape index (κ3) is 5.61. The summed E-state index contributed by atoms with van der Waals surface area (Å²) in [6.07, 6.45) is 0.456. The lowest BCUT2D eigenvalue weighted by Gasteiger charge is -2.40. The molecule has 2 saturated heterocycles. The van der Waals surface area contributed by atoms with Crippen LogP contribution in [0.5, 0.6) is 0 Å². The molecule has 0 spiro atoms. The Morgan fingerprint density at radius 1 is 0.825 bits per heavy atom. The Labute approximate surface area is 237 Å². The van der Waals surface area contributed by atoms with Crippen molar-refractivity contribution >= 4 is 5.69 Å². The Morgan fingerprint density at radius 2 is 1.45 bits per heavy atom. The number of aliphatic hydroxyl groups is 2. The number of hydrogen-bond acceptors (Lipinski definition) is 7. The lowest BCUT2D eigenvalue weighted by atomic mass is 9.82. The van der Waals surface area contributed by atoms with Gasteiger partial charge < -0.3 is 15.1 Å². The minimum absolute atomic E-state index is 0.543. The molecule has 5 rings (SSSR count). The molecule has 0 amide bonds. The molecule has 2 aliphatic heterocycles. The SMILES string of the molecule is Cc1cc(C)c(C(O)N2CCN(c3ccccc3C#N)CC2)cc1CN1CCC(O)(c2ccccc2C#N)CC1. The van der Waals surface area contributed by atoms with Crippen molar-refractivity contribution in [2.24, 2.45) is 0 Å². The van der Waals surface area contributed by atoms with E-state index < -0.39 is 11.8 Å². The van der Waals surface area contributed by atoms with E-state index in [4.69, 9.17) is 0 Å². The van der Waals surface area contributed by atoms with Crippen LogP contribution in [0.4, 0.5) is 5.69 Å². The summed E-state index contributed by atoms with van der Waals surface area (Å²) >= 11 is 0. The van der Waals surface area contributed by atoms with Crippen LogP contribution in [0.15, 0.2) is 60.7 Å². The minimum Gasteiger partial charge on any atom is -0.385 e. The number of hydrogen-bond donors (Lipinski definition) is 2. The first-order chi connectivity index (χ1) is 19.3. The quantitative estimate of drug-likeness (QED) is 0.485. The first-order valence-electron chi connectivity index (χ1n) is 14.0. The average Bonchev–Trinajstić information content (AvgIpc) is 2.99. The summed E-state index contributed by atoms with van der Waals surface area (Å²) in [5.74, 6) is 0. The van der Waals surface area contributed by atoms with E-state index in [0.29, 0.717) is 37.1 Å². The Bertz CT molecular complexity index is 1440. The van der Waals surface area contributed by atoms with Gasteiger partial charge in [0, 0.05) is 51.4 Å². The second-order valence-electron chi connectivity index (χ2n) is 11.1. The zero-order chi connectivity index (χ0) is 28.3. The van der Waals surface area contributed by atoms with Gasteiger partial charge in [0.25, 0.3) is 0 Å². The molecular weight excluding hydrogens is 498 g/mol. The van der Waals surface area contributed by atoms with Gasteiger partial charge in [-0.25, -0.2) is 0 Å². The van der Waals surface area contributed by atoms with Gasteiger partial charge in [-0.05, 0) is 67.1 Å². The molecule has 40 heavy (non-hydrogen) atoms. The first-order valence-corrected chi connectivity index (χ1v) is 14.0. The van der Waals surface area contributed by atoms with E-state index >= 15 is 0 Å². The van der Waals surface area contributed by atoms with E-state index in [9.17, 15) is 20.7 Å². The molecule has 7 heteroatoms. The fraction of sp³-hybridized carbons (Fsp3) is 0.394. The van der Waals surface area contributed by atoms with Crippen molar-refractivity contribution in [1.82, 2.24) is 9.80 Å². The van der Waals surface area contributed by atoms with Gasteiger partial charge >= 0.3 is 0 Å². The fourth-order valence-electron chi connectivity index (χ4n) is 6.19. The molecule has 3 aromatic rings. The number of para-hydroxylation sites is 1. The number of anilines is 1. The lowest BCUT2D eigenvalue weighted by Crippen LogP contribution is -2.48. The van der Waals surface area contributed by atoms with E-state index in [1.165, 1.54) is 11.1 Å². The Kier molecular flexibility index (Phi) is 8.21. The molecule has 0 bridgehead atoms. The van der Waals surface area contributed by atoms with Crippen molar-refractivity contribution in [3.63, 3.8) is 0 Å². The molecule has 0 aromatic heterocycles. The molecule has 0 aliphatic carbocycles. The van der Waals surface area contributed by atoms with Crippen LogP contribution in [0.1, 0.15) is 58.0 Å². The van der Waals surface area contributed by atoms with Crippen LogP contribution in [-0.4, -0.2) is 59.3 Å². The highest BCUT2D eigenvalue weighted by Crippen LogP contribution is 2.36. The number of nitriles is 2. The van der Waals surface area contributed by atoms with Crippen LogP contribution < -0.4 is 4.90 Å². The van der Waals surface area contributed by atoms with Crippen LogP contribution in [0.25, 0.3) is 0 Å². The molecule has 206 valence electrons. The largest absolute Gasteiger partial charge is 0.385 e. The molecule has 7 nitrogen and oxygen atoms in total. The van der Waals surface area contributed by atoms with E-state index in [2.05, 4.69) is 52.8 Å². The van der Waals surface area contributed by atoms with Gasteiger partial charge in [-0.2, -0.15) is 10.5 Å². The highest BCUT2D eigenvalue weighted by molar-refractivity contribution is 5.59. The third-order valence-corrected chi connectivity index (χ3v) is 8.65. The summed E-state index contributed by atoms with van der Waals surface area (Å²) in [6.45, 7) is 9.30. The highest BCUT2D eigenvalue weighted by atomic mass is 16.3. The van der Waals surface area contributed by atoms with Crippen LogP contribution in [0.3, 0.4) is 0 Å². The van der Waals surface area contributed by atoms with Crippen molar-refractivity contribution in [3.05, 3.63) is 99.6 Å². The van der Waals surface area contributed by atoms with E-state index in [1.54, 1.807) is 6.07 Å². The number of aliphatic hydroxyl groups excluding tert-OH is 1. The molecule has 2 heterocycles. The highest BCUT2D eigenvalue weighted by Gasteiger charge is 2.36. The van der Waals surface area contributed by atoms with Crippen molar-refractivity contribution in [3.8, 4) is 12.1 Å². The summed E-state index contributed by atoms with van der Waals surface area (Å²) in [5.41, 5.74) is 6.31. The third-order valence-electron chi connectivity index (χ3n) is 8.65. The summed E-state index contributed by atoms with van der Waals surface area (Å²) in [5, 5.41) is 41.8. The van der Waals surface area contributed by atoms with Gasteiger partial charge in [-0.1, -0.05) is 42.5 Å². The van der Waals surface area contributed by atoms with Gasteiger partial charge in [0.15, 0.2) is 0 Å². The smallest absolute Gasteiger partial charge is 0.133 e. The molecule has 0 saturated carbocycles. The zero-order valence-corrected chi connectivity index (χ0v) is 23.3. The van der Waals surface area contributed by atoms with Crippen molar-refractivity contribution in [2.75, 3.05) is 44.2 Å². The topological polar surface area (TPSA) is 97.8 Å². The predicted octanol–water partition coefficient (Wildman–Crippen LogP) is 4.34. The number of piperazine rings is 1. The maximum absolute atomic E-state index is 11.4. The van der Waals surface area contributed by atoms with E-state index in [0.717, 1.165) is 55.1 Å². The van der Waals surface area contributed by atoms with E-state index in [-0.39, 0.29) is 0 Å². The lowest BCUT2D eigenvalue weighted by molar-refractivity contribution is -0.0280.